The average molecular weight is 452 g/mol. The first-order valence-corrected chi connectivity index (χ1v) is 11.5. The van der Waals surface area contributed by atoms with Gasteiger partial charge < -0.3 is 9.47 Å². The minimum atomic E-state index is -3.76. The highest BCUT2D eigenvalue weighted by molar-refractivity contribution is 7.92. The van der Waals surface area contributed by atoms with E-state index >= 15 is 0 Å². The van der Waals surface area contributed by atoms with Crippen molar-refractivity contribution in [3.63, 3.8) is 0 Å². The number of hydrogen-bond donors (Lipinski definition) is 1. The van der Waals surface area contributed by atoms with Gasteiger partial charge in [0.1, 0.15) is 12.4 Å². The van der Waals surface area contributed by atoms with Crippen molar-refractivity contribution < 1.29 is 27.1 Å². The summed E-state index contributed by atoms with van der Waals surface area (Å²) < 4.78 is 49.3. The predicted molar refractivity (Wildman–Crippen MR) is 118 cm³/mol. The van der Waals surface area contributed by atoms with Gasteiger partial charge in [0, 0.05) is 0 Å². The number of nitrogens with zero attached hydrogens (tertiary/aromatic N) is 2. The Balaban J connectivity index is 2.06. The van der Waals surface area contributed by atoms with Crippen LogP contribution < -0.4 is 19.2 Å². The molecule has 0 spiro atoms. The molecule has 168 valence electrons. The molecule has 0 saturated heterocycles. The van der Waals surface area contributed by atoms with E-state index in [4.69, 9.17) is 9.47 Å². The molecule has 0 aliphatic carbocycles. The number of carbonyl (C=O) groups excluding carboxylic acids is 1. The maximum atomic E-state index is 13.1. The molecule has 0 saturated carbocycles. The zero-order chi connectivity index (χ0) is 22.9. The third-order valence-corrected chi connectivity index (χ3v) is 5.07. The van der Waals surface area contributed by atoms with Crippen LogP contribution in [0.5, 0.6) is 11.5 Å². The first-order chi connectivity index (χ1) is 14.7. The lowest BCUT2D eigenvalue weighted by atomic mass is 10.2. The second-order valence-electron chi connectivity index (χ2n) is 6.53. The summed E-state index contributed by atoms with van der Waals surface area (Å²) in [4.78, 5) is 12.2. The number of anilines is 1. The number of rotatable bonds is 11. The van der Waals surface area contributed by atoms with Crippen LogP contribution in [0.25, 0.3) is 0 Å². The quantitative estimate of drug-likeness (QED) is 0.419. The molecule has 0 unspecified atom stereocenters. The Labute approximate surface area is 181 Å². The van der Waals surface area contributed by atoms with Crippen LogP contribution in [0.1, 0.15) is 25.8 Å². The average Bonchev–Trinajstić information content (AvgIpc) is 2.72. The molecule has 0 aromatic heterocycles. The summed E-state index contributed by atoms with van der Waals surface area (Å²) >= 11 is 0. The van der Waals surface area contributed by atoms with E-state index in [9.17, 15) is 17.6 Å². The molecule has 0 radical (unpaired) electrons. The van der Waals surface area contributed by atoms with E-state index in [1.54, 1.807) is 18.2 Å². The molecule has 0 bridgehead atoms. The van der Waals surface area contributed by atoms with Crippen molar-refractivity contribution in [1.82, 2.24) is 5.43 Å². The number of sulfonamides is 1. The molecule has 0 atom stereocenters. The summed E-state index contributed by atoms with van der Waals surface area (Å²) in [5.74, 6) is 0.0153. The summed E-state index contributed by atoms with van der Waals surface area (Å²) in [5.41, 5.74) is 3.13. The Hall–Kier alpha value is -3.14. The van der Waals surface area contributed by atoms with Crippen LogP contribution >= 0.6 is 0 Å². The zero-order valence-electron chi connectivity index (χ0n) is 17.7. The van der Waals surface area contributed by atoms with Gasteiger partial charge in [-0.05, 0) is 61.4 Å². The fourth-order valence-electron chi connectivity index (χ4n) is 2.56. The SMILES string of the molecule is CCCOc1ccc(/C=N\NC(=O)CN(c2ccc(F)cc2)S(C)(=O)=O)cc1OCC. The van der Waals surface area contributed by atoms with Gasteiger partial charge in [0.25, 0.3) is 5.91 Å². The molecule has 0 aliphatic rings. The summed E-state index contributed by atoms with van der Waals surface area (Å²) in [5, 5.41) is 3.88. The summed E-state index contributed by atoms with van der Waals surface area (Å²) in [6, 6.07) is 10.0. The van der Waals surface area contributed by atoms with E-state index in [-0.39, 0.29) is 5.69 Å². The van der Waals surface area contributed by atoms with Gasteiger partial charge in [-0.25, -0.2) is 18.2 Å². The second kappa shape index (κ2) is 11.3. The molecular formula is C21H26FN3O5S. The standard InChI is InChI=1S/C21H26FN3O5S/c1-4-12-30-19-11-6-16(13-20(19)29-5-2)14-23-24-21(26)15-25(31(3,27)28)18-9-7-17(22)8-10-18/h6-11,13-14H,4-5,12,15H2,1-3H3,(H,24,26)/b23-14-. The van der Waals surface area contributed by atoms with Crippen molar-refractivity contribution in [3.8, 4) is 11.5 Å². The zero-order valence-corrected chi connectivity index (χ0v) is 18.5. The van der Waals surface area contributed by atoms with E-state index in [2.05, 4.69) is 10.5 Å². The van der Waals surface area contributed by atoms with E-state index in [1.807, 2.05) is 13.8 Å². The van der Waals surface area contributed by atoms with Gasteiger partial charge in [-0.2, -0.15) is 5.10 Å². The molecule has 0 fully saturated rings. The van der Waals surface area contributed by atoms with E-state index in [1.165, 1.54) is 18.3 Å². The number of ether oxygens (including phenoxy) is 2. The predicted octanol–water partition coefficient (Wildman–Crippen LogP) is 2.93. The van der Waals surface area contributed by atoms with Crippen LogP contribution in [-0.4, -0.2) is 46.6 Å². The molecule has 0 heterocycles. The van der Waals surface area contributed by atoms with Crippen molar-refractivity contribution in [3.05, 3.63) is 53.8 Å². The van der Waals surface area contributed by atoms with Crippen LogP contribution in [0, 0.1) is 5.82 Å². The number of hydrazone groups is 1. The highest BCUT2D eigenvalue weighted by Crippen LogP contribution is 2.28. The van der Waals surface area contributed by atoms with Crippen LogP contribution in [-0.2, 0) is 14.8 Å². The number of hydrogen-bond acceptors (Lipinski definition) is 6. The first-order valence-electron chi connectivity index (χ1n) is 9.69. The lowest BCUT2D eigenvalue weighted by Crippen LogP contribution is -2.39. The molecule has 2 aromatic rings. The molecule has 0 aliphatic heterocycles. The van der Waals surface area contributed by atoms with Gasteiger partial charge in [0.2, 0.25) is 10.0 Å². The van der Waals surface area contributed by atoms with Crippen LogP contribution in [0.2, 0.25) is 0 Å². The molecular weight excluding hydrogens is 425 g/mol. The maximum absolute atomic E-state index is 13.1. The molecule has 1 amide bonds. The van der Waals surface area contributed by atoms with Crippen molar-refractivity contribution in [2.45, 2.75) is 20.3 Å². The number of halogens is 1. The minimum Gasteiger partial charge on any atom is -0.490 e. The highest BCUT2D eigenvalue weighted by Gasteiger charge is 2.20. The molecule has 31 heavy (non-hydrogen) atoms. The molecule has 10 heteroatoms. The number of nitrogens with one attached hydrogen (secondary N) is 1. The van der Waals surface area contributed by atoms with E-state index in [0.29, 0.717) is 30.3 Å². The Morgan fingerprint density at radius 1 is 1.13 bits per heavy atom. The van der Waals surface area contributed by atoms with Crippen molar-refractivity contribution >= 4 is 27.8 Å². The fraction of sp³-hybridized carbons (Fsp3) is 0.333. The monoisotopic (exact) mass is 451 g/mol. The molecule has 2 rings (SSSR count). The third-order valence-electron chi connectivity index (χ3n) is 3.93. The van der Waals surface area contributed by atoms with Crippen LogP contribution in [0.4, 0.5) is 10.1 Å². The third kappa shape index (κ3) is 7.56. The maximum Gasteiger partial charge on any atom is 0.260 e. The van der Waals surface area contributed by atoms with Gasteiger partial charge in [-0.3, -0.25) is 9.10 Å². The van der Waals surface area contributed by atoms with Gasteiger partial charge >= 0.3 is 0 Å². The van der Waals surface area contributed by atoms with Crippen LogP contribution in [0.3, 0.4) is 0 Å². The normalized spacial score (nSPS) is 11.4. The molecule has 2 aromatic carbocycles. The lowest BCUT2D eigenvalue weighted by molar-refractivity contribution is -0.119. The minimum absolute atomic E-state index is 0.173. The lowest BCUT2D eigenvalue weighted by Gasteiger charge is -2.21. The Kier molecular flexibility index (Phi) is 8.80. The second-order valence-corrected chi connectivity index (χ2v) is 8.43. The number of amides is 1. The fourth-order valence-corrected chi connectivity index (χ4v) is 3.41. The molecule has 1 N–H and O–H groups in total. The topological polar surface area (TPSA) is 97.3 Å². The highest BCUT2D eigenvalue weighted by atomic mass is 32.2. The van der Waals surface area contributed by atoms with E-state index < -0.39 is 28.3 Å². The van der Waals surface area contributed by atoms with Gasteiger partial charge in [0.05, 0.1) is 31.4 Å². The van der Waals surface area contributed by atoms with Gasteiger partial charge in [0.15, 0.2) is 11.5 Å². The van der Waals surface area contributed by atoms with Crippen LogP contribution in [0.15, 0.2) is 47.6 Å². The van der Waals surface area contributed by atoms with E-state index in [0.717, 1.165) is 29.1 Å². The Morgan fingerprint density at radius 3 is 2.45 bits per heavy atom. The van der Waals surface area contributed by atoms with Crippen molar-refractivity contribution in [1.29, 1.82) is 0 Å². The molecule has 8 nitrogen and oxygen atoms in total. The number of carbonyl (C=O) groups is 1. The largest absolute Gasteiger partial charge is 0.490 e. The Morgan fingerprint density at radius 2 is 1.84 bits per heavy atom. The summed E-state index contributed by atoms with van der Waals surface area (Å²) in [7, 11) is -3.76. The van der Waals surface area contributed by atoms with Gasteiger partial charge in [-0.15, -0.1) is 0 Å². The van der Waals surface area contributed by atoms with Crippen molar-refractivity contribution in [2.75, 3.05) is 30.3 Å². The number of benzene rings is 2. The smallest absolute Gasteiger partial charge is 0.260 e. The van der Waals surface area contributed by atoms with Crippen molar-refractivity contribution in [2.24, 2.45) is 5.10 Å². The van der Waals surface area contributed by atoms with Gasteiger partial charge in [-0.1, -0.05) is 6.92 Å². The Bertz CT molecular complexity index is 1010. The first kappa shape index (κ1) is 24.1. The summed E-state index contributed by atoms with van der Waals surface area (Å²) in [6.45, 7) is 4.39. The summed E-state index contributed by atoms with van der Waals surface area (Å²) in [6.07, 6.45) is 3.24.